The number of hydrogen-bond donors (Lipinski definition) is 3. The molecule has 1 aromatic rings. The highest BCUT2D eigenvalue weighted by molar-refractivity contribution is 5.96. The van der Waals surface area contributed by atoms with Crippen molar-refractivity contribution in [3.05, 3.63) is 21.5 Å². The van der Waals surface area contributed by atoms with Gasteiger partial charge in [-0.05, 0) is 19.3 Å². The van der Waals surface area contributed by atoms with Crippen LogP contribution in [0.1, 0.15) is 55.2 Å². The Balaban J connectivity index is 2.10. The van der Waals surface area contributed by atoms with E-state index in [2.05, 4.69) is 15.5 Å². The normalized spacial score (nSPS) is 16.9. The van der Waals surface area contributed by atoms with E-state index in [0.717, 1.165) is 12.8 Å². The van der Waals surface area contributed by atoms with Crippen molar-refractivity contribution in [1.29, 1.82) is 0 Å². The van der Waals surface area contributed by atoms with Crippen LogP contribution < -0.4 is 5.32 Å². The third-order valence-electron chi connectivity index (χ3n) is 3.82. The first-order valence-electron chi connectivity index (χ1n) is 7.19. The van der Waals surface area contributed by atoms with Crippen molar-refractivity contribution in [1.82, 2.24) is 15.5 Å². The highest BCUT2D eigenvalue weighted by atomic mass is 16.6. The van der Waals surface area contributed by atoms with Gasteiger partial charge < -0.3 is 10.4 Å². The third-order valence-corrected chi connectivity index (χ3v) is 3.82. The van der Waals surface area contributed by atoms with Gasteiger partial charge in [-0.15, -0.1) is 0 Å². The number of hydrogen-bond acceptors (Lipinski definition) is 5. The molecule has 2 rings (SSSR count). The van der Waals surface area contributed by atoms with Gasteiger partial charge in [0.1, 0.15) is 5.69 Å². The molecule has 0 atom stereocenters. The fourth-order valence-electron chi connectivity index (χ4n) is 2.69. The van der Waals surface area contributed by atoms with E-state index in [1.807, 2.05) is 6.92 Å². The van der Waals surface area contributed by atoms with E-state index in [0.29, 0.717) is 31.4 Å². The fourth-order valence-corrected chi connectivity index (χ4v) is 2.69. The molecule has 1 aliphatic rings. The number of aliphatic hydroxyl groups is 1. The summed E-state index contributed by atoms with van der Waals surface area (Å²) in [6.45, 7) is 1.99. The molecule has 0 bridgehead atoms. The zero-order valence-corrected chi connectivity index (χ0v) is 12.0. The van der Waals surface area contributed by atoms with E-state index in [-0.39, 0.29) is 17.9 Å². The lowest BCUT2D eigenvalue weighted by molar-refractivity contribution is -0.385. The van der Waals surface area contributed by atoms with Crippen molar-refractivity contribution in [2.45, 2.75) is 51.0 Å². The molecule has 3 N–H and O–H groups in total. The highest BCUT2D eigenvalue weighted by Gasteiger charge is 2.33. The Hall–Kier alpha value is -1.96. The average Bonchev–Trinajstić information content (AvgIpc) is 3.04. The largest absolute Gasteiger partial charge is 0.388 e. The number of carbonyl (C=O) groups excluding carboxylic acids is 1. The first-order chi connectivity index (χ1) is 9.97. The minimum absolute atomic E-state index is 0.0962. The number of rotatable bonds is 6. The van der Waals surface area contributed by atoms with E-state index < -0.39 is 16.4 Å². The minimum Gasteiger partial charge on any atom is -0.388 e. The topological polar surface area (TPSA) is 121 Å². The van der Waals surface area contributed by atoms with Crippen LogP contribution >= 0.6 is 0 Å². The lowest BCUT2D eigenvalue weighted by Gasteiger charge is -2.21. The molecule has 1 saturated carbocycles. The predicted octanol–water partition coefficient (Wildman–Crippen LogP) is 1.31. The number of amides is 1. The molecule has 0 spiro atoms. The van der Waals surface area contributed by atoms with Gasteiger partial charge >= 0.3 is 5.69 Å². The van der Waals surface area contributed by atoms with Crippen LogP contribution in [0.4, 0.5) is 5.69 Å². The first kappa shape index (κ1) is 15.4. The van der Waals surface area contributed by atoms with Gasteiger partial charge in [-0.25, -0.2) is 0 Å². The zero-order chi connectivity index (χ0) is 15.5. The maximum Gasteiger partial charge on any atom is 0.322 e. The van der Waals surface area contributed by atoms with Crippen molar-refractivity contribution >= 4 is 11.6 Å². The Morgan fingerprint density at radius 2 is 2.19 bits per heavy atom. The van der Waals surface area contributed by atoms with Crippen LogP contribution in [0.15, 0.2) is 0 Å². The molecule has 1 heterocycles. The monoisotopic (exact) mass is 296 g/mol. The van der Waals surface area contributed by atoms with Crippen LogP contribution in [0.3, 0.4) is 0 Å². The predicted molar refractivity (Wildman–Crippen MR) is 75.0 cm³/mol. The van der Waals surface area contributed by atoms with Crippen LogP contribution in [0, 0.1) is 10.1 Å². The second-order valence-electron chi connectivity index (χ2n) is 5.52. The zero-order valence-electron chi connectivity index (χ0n) is 12.0. The number of aryl methyl sites for hydroxylation is 1. The highest BCUT2D eigenvalue weighted by Crippen LogP contribution is 2.29. The summed E-state index contributed by atoms with van der Waals surface area (Å²) in [5.41, 5.74) is -1.03. The summed E-state index contributed by atoms with van der Waals surface area (Å²) in [5, 5.41) is 30.2. The summed E-state index contributed by atoms with van der Waals surface area (Å²) >= 11 is 0. The van der Waals surface area contributed by atoms with Gasteiger partial charge in [-0.2, -0.15) is 5.10 Å². The Morgan fingerprint density at radius 1 is 1.52 bits per heavy atom. The van der Waals surface area contributed by atoms with Crippen molar-refractivity contribution in [3.8, 4) is 0 Å². The van der Waals surface area contributed by atoms with E-state index in [1.54, 1.807) is 0 Å². The van der Waals surface area contributed by atoms with E-state index in [9.17, 15) is 20.0 Å². The molecule has 1 aliphatic carbocycles. The number of nitro groups is 1. The molecular formula is C13H20N4O4. The standard InChI is InChI=1S/C13H20N4O4/c1-2-5-9-11(17(20)21)10(16-15-9)12(18)14-8-13(19)6-3-4-7-13/h19H,2-8H2,1H3,(H,14,18)(H,15,16). The number of H-pyrrole nitrogens is 1. The molecule has 1 amide bonds. The number of nitrogens with zero attached hydrogens (tertiary/aromatic N) is 2. The molecule has 8 nitrogen and oxygen atoms in total. The van der Waals surface area contributed by atoms with E-state index >= 15 is 0 Å². The molecule has 8 heteroatoms. The van der Waals surface area contributed by atoms with Gasteiger partial charge in [-0.3, -0.25) is 20.0 Å². The van der Waals surface area contributed by atoms with Crippen LogP contribution in [-0.2, 0) is 6.42 Å². The Kier molecular flexibility index (Phi) is 4.56. The van der Waals surface area contributed by atoms with Gasteiger partial charge in [0.05, 0.1) is 10.5 Å². The second-order valence-corrected chi connectivity index (χ2v) is 5.52. The van der Waals surface area contributed by atoms with Crippen LogP contribution in [-0.4, -0.2) is 38.3 Å². The van der Waals surface area contributed by atoms with E-state index in [4.69, 9.17) is 0 Å². The molecule has 0 aliphatic heterocycles. The van der Waals surface area contributed by atoms with Crippen molar-refractivity contribution in [2.75, 3.05) is 6.54 Å². The summed E-state index contributed by atoms with van der Waals surface area (Å²) in [6, 6.07) is 0. The number of aromatic amines is 1. The number of carbonyl (C=O) groups is 1. The maximum atomic E-state index is 12.1. The molecule has 0 unspecified atom stereocenters. The van der Waals surface area contributed by atoms with Crippen LogP contribution in [0.2, 0.25) is 0 Å². The quantitative estimate of drug-likeness (QED) is 0.539. The fraction of sp³-hybridized carbons (Fsp3) is 0.692. The second kappa shape index (κ2) is 6.21. The molecular weight excluding hydrogens is 276 g/mol. The first-order valence-corrected chi connectivity index (χ1v) is 7.19. The average molecular weight is 296 g/mol. The summed E-state index contributed by atoms with van der Waals surface area (Å²) in [5.74, 6) is -0.624. The van der Waals surface area contributed by atoms with Crippen molar-refractivity contribution < 1.29 is 14.8 Å². The molecule has 1 aromatic heterocycles. The SMILES string of the molecule is CCCc1[nH]nc(C(=O)NCC2(O)CCCC2)c1[N+](=O)[O-]. The van der Waals surface area contributed by atoms with Crippen LogP contribution in [0.5, 0.6) is 0 Å². The molecule has 1 fully saturated rings. The lowest BCUT2D eigenvalue weighted by Crippen LogP contribution is -2.41. The van der Waals surface area contributed by atoms with Gasteiger partial charge in [0.25, 0.3) is 5.91 Å². The molecule has 21 heavy (non-hydrogen) atoms. The van der Waals surface area contributed by atoms with Crippen molar-refractivity contribution in [3.63, 3.8) is 0 Å². The van der Waals surface area contributed by atoms with Crippen LogP contribution in [0.25, 0.3) is 0 Å². The molecule has 0 aromatic carbocycles. The Labute approximate surface area is 122 Å². The van der Waals surface area contributed by atoms with Gasteiger partial charge in [0, 0.05) is 6.54 Å². The number of aromatic nitrogens is 2. The summed E-state index contributed by atoms with van der Waals surface area (Å²) in [7, 11) is 0. The third kappa shape index (κ3) is 3.38. The maximum absolute atomic E-state index is 12.1. The van der Waals surface area contributed by atoms with Gasteiger partial charge in [0.2, 0.25) is 5.69 Å². The minimum atomic E-state index is -0.896. The van der Waals surface area contributed by atoms with E-state index in [1.165, 1.54) is 0 Å². The molecule has 0 radical (unpaired) electrons. The van der Waals surface area contributed by atoms with Crippen molar-refractivity contribution in [2.24, 2.45) is 0 Å². The summed E-state index contributed by atoms with van der Waals surface area (Å²) < 4.78 is 0. The Morgan fingerprint density at radius 3 is 2.76 bits per heavy atom. The molecule has 0 saturated heterocycles. The van der Waals surface area contributed by atoms with Gasteiger partial charge in [0.15, 0.2) is 0 Å². The lowest BCUT2D eigenvalue weighted by atomic mass is 10.0. The Bertz CT molecular complexity index is 534. The summed E-state index contributed by atoms with van der Waals surface area (Å²) in [4.78, 5) is 22.6. The smallest absolute Gasteiger partial charge is 0.322 e. The van der Waals surface area contributed by atoms with Gasteiger partial charge in [-0.1, -0.05) is 26.2 Å². The summed E-state index contributed by atoms with van der Waals surface area (Å²) in [6.07, 6.45) is 4.30. The molecule has 116 valence electrons. The number of nitrogens with one attached hydrogen (secondary N) is 2.